The molecular weight excluding hydrogens is 1380 g/mol. The van der Waals surface area contributed by atoms with Crippen molar-refractivity contribution in [3.63, 3.8) is 0 Å². The van der Waals surface area contributed by atoms with Gasteiger partial charge in [-0.2, -0.15) is 0 Å². The van der Waals surface area contributed by atoms with Crippen LogP contribution in [0, 0.1) is 13.8 Å². The van der Waals surface area contributed by atoms with Crippen molar-refractivity contribution in [1.82, 2.24) is 15.0 Å². The first-order chi connectivity index (χ1) is 55.7. The van der Waals surface area contributed by atoms with E-state index in [1.807, 2.05) is 24.3 Å². The lowest BCUT2D eigenvalue weighted by atomic mass is 9.88. The second kappa shape index (κ2) is 25.4. The van der Waals surface area contributed by atoms with Gasteiger partial charge in [-0.05, 0) is 272 Å². The van der Waals surface area contributed by atoms with Crippen molar-refractivity contribution in [1.29, 1.82) is 0 Å². The zero-order chi connectivity index (χ0) is 74.5. The molecular formula is C107H65N3O3. The Morgan fingerprint density at radius 3 is 0.876 bits per heavy atom. The minimum atomic E-state index is 0.651. The Balaban J connectivity index is 0.000000101. The van der Waals surface area contributed by atoms with E-state index in [4.69, 9.17) is 28.2 Å². The van der Waals surface area contributed by atoms with Crippen LogP contribution in [0.4, 0.5) is 0 Å². The quantitative estimate of drug-likeness (QED) is 0.148. The van der Waals surface area contributed by atoms with Gasteiger partial charge in [0.05, 0.1) is 0 Å². The molecule has 25 aromatic rings. The average Bonchev–Trinajstić information content (AvgIpc) is 0.962. The second-order valence-corrected chi connectivity index (χ2v) is 30.2. The van der Waals surface area contributed by atoms with Crippen molar-refractivity contribution < 1.29 is 13.3 Å². The van der Waals surface area contributed by atoms with Gasteiger partial charge in [0.15, 0.2) is 16.7 Å². The molecule has 526 valence electrons. The highest BCUT2D eigenvalue weighted by Gasteiger charge is 2.23. The van der Waals surface area contributed by atoms with Crippen LogP contribution < -0.4 is 0 Å². The first kappa shape index (κ1) is 64.2. The van der Waals surface area contributed by atoms with Crippen LogP contribution in [0.15, 0.2) is 371 Å². The number of fused-ring (bicyclic) bond motifs is 6. The lowest BCUT2D eigenvalue weighted by Gasteiger charge is -2.16. The number of oxazole rings is 3. The number of hydrogen-bond acceptors (Lipinski definition) is 6. The zero-order valence-electron chi connectivity index (χ0n) is 61.6. The molecule has 0 aliphatic carbocycles. The third kappa shape index (κ3) is 10.6. The van der Waals surface area contributed by atoms with E-state index >= 15 is 0 Å². The standard InChI is InChI=1S/C39H23NO.2C34H21NO/c1-2-6-24(7-3-1)29-16-21-36-35(23-29)40-39(41-36)34-20-15-27-13-18-32-31(17-12-26-14-19-33(34)38(27)37(26)32)30-11-10-25-8-4-5-9-28(25)22-30;1-20-6-17-31-30(18-20)35-34(36-31)29-16-12-23-10-14-27-26(13-9-22-11-15-28(29)33(23)32(22)27)25-8-7-21-4-2-3-5-24(21)19-25;1-20-6-17-30-31(18-20)36-34(35-30)29-16-12-23-10-14-27-26(13-9-22-11-15-28(29)33(23)32(22)27)25-8-7-21-4-2-3-5-24(21)19-25/h1-23H;2*2-19H,1H3. The molecule has 0 radical (unpaired) electrons. The van der Waals surface area contributed by atoms with Crippen molar-refractivity contribution >= 4 is 163 Å². The van der Waals surface area contributed by atoms with Gasteiger partial charge >= 0.3 is 0 Å². The molecule has 0 amide bonds. The molecule has 0 spiro atoms. The van der Waals surface area contributed by atoms with Crippen molar-refractivity contribution in [3.8, 4) is 78.9 Å². The maximum atomic E-state index is 6.36. The summed E-state index contributed by atoms with van der Waals surface area (Å²) in [5.41, 5.74) is 20.3. The van der Waals surface area contributed by atoms with E-state index in [0.717, 1.165) is 60.9 Å². The van der Waals surface area contributed by atoms with E-state index in [1.54, 1.807) is 0 Å². The Hall–Kier alpha value is -14.9. The Morgan fingerprint density at radius 1 is 0.177 bits per heavy atom. The molecule has 113 heavy (non-hydrogen) atoms. The monoisotopic (exact) mass is 1440 g/mol. The fourth-order valence-electron chi connectivity index (χ4n) is 17.9. The maximum Gasteiger partial charge on any atom is 0.227 e. The molecule has 0 bridgehead atoms. The summed E-state index contributed by atoms with van der Waals surface area (Å²) in [6.45, 7) is 4.15. The van der Waals surface area contributed by atoms with Gasteiger partial charge in [0.1, 0.15) is 16.6 Å². The molecule has 25 rings (SSSR count). The van der Waals surface area contributed by atoms with Gasteiger partial charge in [0.25, 0.3) is 0 Å². The summed E-state index contributed by atoms with van der Waals surface area (Å²) in [4.78, 5) is 14.7. The van der Waals surface area contributed by atoms with E-state index in [0.29, 0.717) is 17.7 Å². The molecule has 0 unspecified atom stereocenters. The zero-order valence-corrected chi connectivity index (χ0v) is 61.6. The van der Waals surface area contributed by atoms with Crippen LogP contribution in [0.5, 0.6) is 0 Å². The van der Waals surface area contributed by atoms with Crippen molar-refractivity contribution in [3.05, 3.63) is 369 Å². The summed E-state index contributed by atoms with van der Waals surface area (Å²) in [5.74, 6) is 1.99. The Labute approximate surface area is 648 Å². The topological polar surface area (TPSA) is 78.1 Å². The normalized spacial score (nSPS) is 12.0. The van der Waals surface area contributed by atoms with Crippen molar-refractivity contribution in [2.75, 3.05) is 0 Å². The van der Waals surface area contributed by atoms with Crippen molar-refractivity contribution in [2.45, 2.75) is 13.8 Å². The van der Waals surface area contributed by atoms with E-state index in [1.165, 1.54) is 174 Å². The molecule has 3 heterocycles. The SMILES string of the molecule is Cc1ccc2nc(-c3ccc4ccc5c(-c6ccc7ccccc7c6)ccc6ccc3c4c65)oc2c1.Cc1ccc2oc(-c3ccc4ccc5c(-c6ccc7ccccc7c6)ccc6ccc3c4c65)nc2c1.c1ccc(-c2ccc3oc(-c4ccc5ccc6c(-c7ccc8ccccc8c7)ccc7ccc4c5c76)nc3c2)cc1. The van der Waals surface area contributed by atoms with Crippen LogP contribution >= 0.6 is 0 Å². The van der Waals surface area contributed by atoms with Crippen LogP contribution in [-0.2, 0) is 0 Å². The minimum Gasteiger partial charge on any atom is -0.436 e. The highest BCUT2D eigenvalue weighted by Crippen LogP contribution is 2.48. The second-order valence-electron chi connectivity index (χ2n) is 30.2. The maximum absolute atomic E-state index is 6.36. The Bertz CT molecular complexity index is 7860. The highest BCUT2D eigenvalue weighted by atomic mass is 16.4. The van der Waals surface area contributed by atoms with Crippen molar-refractivity contribution in [2.24, 2.45) is 0 Å². The predicted octanol–water partition coefficient (Wildman–Crippen LogP) is 29.9. The van der Waals surface area contributed by atoms with Crippen LogP contribution in [0.25, 0.3) is 241 Å². The van der Waals surface area contributed by atoms with E-state index in [9.17, 15) is 0 Å². The summed E-state index contributed by atoms with van der Waals surface area (Å²) in [6, 6.07) is 128. The molecule has 0 saturated carbocycles. The summed E-state index contributed by atoms with van der Waals surface area (Å²) in [5, 5.41) is 29.9. The number of hydrogen-bond donors (Lipinski definition) is 0. The molecule has 0 aliphatic rings. The number of benzene rings is 22. The number of rotatable bonds is 7. The summed E-state index contributed by atoms with van der Waals surface area (Å²) < 4.78 is 18.8. The third-order valence-corrected chi connectivity index (χ3v) is 23.4. The van der Waals surface area contributed by atoms with E-state index < -0.39 is 0 Å². The Kier molecular flexibility index (Phi) is 14.4. The molecule has 0 saturated heterocycles. The van der Waals surface area contributed by atoms with Gasteiger partial charge in [0, 0.05) is 16.7 Å². The van der Waals surface area contributed by atoms with E-state index in [-0.39, 0.29) is 0 Å². The number of aryl methyl sites for hydroxylation is 2. The third-order valence-electron chi connectivity index (χ3n) is 23.4. The molecule has 6 heteroatoms. The minimum absolute atomic E-state index is 0.651. The predicted molar refractivity (Wildman–Crippen MR) is 473 cm³/mol. The number of nitrogens with zero attached hydrogens (tertiary/aromatic N) is 3. The molecule has 6 nitrogen and oxygen atoms in total. The summed E-state index contributed by atoms with van der Waals surface area (Å²) in [6.07, 6.45) is 0. The fourth-order valence-corrected chi connectivity index (χ4v) is 17.9. The van der Waals surface area contributed by atoms with Gasteiger partial charge in [-0.1, -0.05) is 285 Å². The lowest BCUT2D eigenvalue weighted by molar-refractivity contribution is 0.620. The largest absolute Gasteiger partial charge is 0.436 e. The summed E-state index contributed by atoms with van der Waals surface area (Å²) in [7, 11) is 0. The highest BCUT2D eigenvalue weighted by molar-refractivity contribution is 6.30. The van der Waals surface area contributed by atoms with Gasteiger partial charge in [-0.3, -0.25) is 0 Å². The van der Waals surface area contributed by atoms with Crippen LogP contribution in [0.2, 0.25) is 0 Å². The van der Waals surface area contributed by atoms with Gasteiger partial charge in [-0.15, -0.1) is 0 Å². The van der Waals surface area contributed by atoms with Crippen LogP contribution in [-0.4, -0.2) is 15.0 Å². The van der Waals surface area contributed by atoms with Crippen LogP contribution in [0.3, 0.4) is 0 Å². The lowest BCUT2D eigenvalue weighted by Crippen LogP contribution is -1.89. The number of aromatic nitrogens is 3. The first-order valence-electron chi connectivity index (χ1n) is 38.6. The molecule has 0 atom stereocenters. The molecule has 0 aliphatic heterocycles. The molecule has 3 aromatic heterocycles. The van der Waals surface area contributed by atoms with Gasteiger partial charge < -0.3 is 13.3 Å². The molecule has 0 fully saturated rings. The van der Waals surface area contributed by atoms with E-state index in [2.05, 4.69) is 347 Å². The van der Waals surface area contributed by atoms with Crippen LogP contribution in [0.1, 0.15) is 11.1 Å². The summed E-state index contributed by atoms with van der Waals surface area (Å²) >= 11 is 0. The first-order valence-corrected chi connectivity index (χ1v) is 38.6. The average molecular weight is 1440 g/mol. The fraction of sp³-hybridized carbons (Fsp3) is 0.0187. The Morgan fingerprint density at radius 2 is 0.469 bits per heavy atom. The molecule has 22 aromatic carbocycles. The smallest absolute Gasteiger partial charge is 0.227 e. The van der Waals surface area contributed by atoms with Gasteiger partial charge in [-0.25, -0.2) is 15.0 Å². The molecule has 0 N–H and O–H groups in total. The van der Waals surface area contributed by atoms with Gasteiger partial charge in [0.2, 0.25) is 17.7 Å².